The number of amides is 2. The molecule has 56 heavy (non-hydrogen) atoms. The molecule has 5 aromatic rings. The second kappa shape index (κ2) is 16.4. The number of imidazole rings is 1. The number of aromatic hydroxyl groups is 1. The number of hydrogen-bond acceptors (Lipinski definition) is 10. The van der Waals surface area contributed by atoms with Crippen LogP contribution in [0.5, 0.6) is 5.75 Å². The normalized spacial score (nSPS) is 19.5. The number of allylic oxidation sites excluding steroid dienone is 1. The van der Waals surface area contributed by atoms with Crippen molar-refractivity contribution in [2.24, 2.45) is 0 Å². The lowest BCUT2D eigenvalue weighted by Crippen LogP contribution is -2.44. The second-order valence-electron chi connectivity index (χ2n) is 15.1. The Morgan fingerprint density at radius 2 is 1.64 bits per heavy atom. The molecule has 8 rings (SSSR count). The van der Waals surface area contributed by atoms with Gasteiger partial charge in [-0.15, -0.1) is 5.10 Å². The number of piperidine rings is 1. The average Bonchev–Trinajstić information content (AvgIpc) is 3.99. The van der Waals surface area contributed by atoms with Crippen LogP contribution in [0.2, 0.25) is 0 Å². The van der Waals surface area contributed by atoms with Crippen molar-refractivity contribution in [2.75, 3.05) is 18.0 Å². The van der Waals surface area contributed by atoms with Gasteiger partial charge in [-0.2, -0.15) is 0 Å². The fourth-order valence-electron chi connectivity index (χ4n) is 8.47. The van der Waals surface area contributed by atoms with Crippen molar-refractivity contribution in [3.05, 3.63) is 113 Å². The Hall–Kier alpha value is -6.05. The van der Waals surface area contributed by atoms with Gasteiger partial charge in [-0.3, -0.25) is 28.8 Å². The first-order valence-electron chi connectivity index (χ1n) is 19.7. The Labute approximate surface area is 324 Å². The third-order valence-electron chi connectivity index (χ3n) is 11.3. The Bertz CT molecular complexity index is 2330. The van der Waals surface area contributed by atoms with E-state index in [9.17, 15) is 24.3 Å². The summed E-state index contributed by atoms with van der Waals surface area (Å²) < 4.78 is 5.18. The monoisotopic (exact) mass is 757 g/mol. The molecule has 290 valence electrons. The van der Waals surface area contributed by atoms with Crippen molar-refractivity contribution in [3.8, 4) is 5.75 Å². The number of anilines is 1. The summed E-state index contributed by atoms with van der Waals surface area (Å²) in [5.41, 5.74) is 3.55. The van der Waals surface area contributed by atoms with Crippen molar-refractivity contribution in [1.29, 1.82) is 0 Å². The summed E-state index contributed by atoms with van der Waals surface area (Å²) in [5, 5.41) is 21.2. The van der Waals surface area contributed by atoms with Crippen LogP contribution in [-0.2, 0) is 29.1 Å². The van der Waals surface area contributed by atoms with E-state index in [0.717, 1.165) is 92.7 Å². The molecule has 0 aliphatic carbocycles. The summed E-state index contributed by atoms with van der Waals surface area (Å²) in [4.78, 5) is 59.9. The molecule has 0 spiro atoms. The maximum Gasteiger partial charge on any atom is 0.329 e. The third kappa shape index (κ3) is 7.86. The van der Waals surface area contributed by atoms with Crippen LogP contribution in [-0.4, -0.2) is 81.9 Å². The van der Waals surface area contributed by atoms with Gasteiger partial charge in [0.1, 0.15) is 17.6 Å². The first-order valence-corrected chi connectivity index (χ1v) is 19.7. The van der Waals surface area contributed by atoms with Crippen LogP contribution in [0.3, 0.4) is 0 Å². The summed E-state index contributed by atoms with van der Waals surface area (Å²) >= 11 is 0. The number of benzene rings is 2. The number of nitrogens with one attached hydrogen (secondary N) is 1. The number of ketones is 1. The predicted molar refractivity (Wildman–Crippen MR) is 210 cm³/mol. The van der Waals surface area contributed by atoms with Crippen LogP contribution < -0.4 is 15.9 Å². The number of aromatic nitrogens is 6. The molecular formula is C42H47N9O5. The zero-order valence-corrected chi connectivity index (χ0v) is 31.4. The SMILES string of the molecule is O=C1CCC(n2c(=O)n(CCCCCCCCc3cn(Cc4cccc(N5C[C@H]6C[C@@H]5CN6/C=C/C(=O)c5ccccc5O)n4)nn3)c3ccccc32)C(=O)N1. The minimum atomic E-state index is -0.673. The van der Waals surface area contributed by atoms with E-state index in [4.69, 9.17) is 4.98 Å². The fraction of sp³-hybridized carbons (Fsp3) is 0.405. The van der Waals surface area contributed by atoms with Gasteiger partial charge in [0.05, 0.1) is 34.5 Å². The van der Waals surface area contributed by atoms with E-state index in [1.807, 2.05) is 53.5 Å². The highest BCUT2D eigenvalue weighted by atomic mass is 16.3. The maximum absolute atomic E-state index is 13.5. The minimum absolute atomic E-state index is 0.00452. The quantitative estimate of drug-likeness (QED) is 0.0622. The first kappa shape index (κ1) is 36.9. The van der Waals surface area contributed by atoms with Crippen molar-refractivity contribution in [1.82, 2.24) is 39.3 Å². The molecule has 3 aliphatic heterocycles. The number of piperazine rings is 1. The van der Waals surface area contributed by atoms with E-state index < -0.39 is 11.9 Å². The van der Waals surface area contributed by atoms with Crippen LogP contribution in [0, 0.1) is 0 Å². The molecule has 14 heteroatoms. The summed E-state index contributed by atoms with van der Waals surface area (Å²) in [6, 6.07) is 20.2. The lowest BCUT2D eigenvalue weighted by molar-refractivity contribution is -0.135. The van der Waals surface area contributed by atoms with E-state index in [0.29, 0.717) is 37.2 Å². The molecule has 3 aromatic heterocycles. The number of fused-ring (bicyclic) bond motifs is 3. The highest BCUT2D eigenvalue weighted by Crippen LogP contribution is 2.34. The molecule has 0 radical (unpaired) electrons. The molecule has 14 nitrogen and oxygen atoms in total. The number of likely N-dealkylation sites (tertiary alicyclic amines) is 1. The van der Waals surface area contributed by atoms with Crippen LogP contribution in [0.1, 0.15) is 85.6 Å². The lowest BCUT2D eigenvalue weighted by atomic mass is 10.1. The van der Waals surface area contributed by atoms with Crippen LogP contribution >= 0.6 is 0 Å². The summed E-state index contributed by atoms with van der Waals surface area (Å²) in [6.45, 7) is 2.78. The van der Waals surface area contributed by atoms with Gasteiger partial charge in [0.25, 0.3) is 0 Å². The average molecular weight is 758 g/mol. The Kier molecular flexibility index (Phi) is 10.8. The zero-order chi connectivity index (χ0) is 38.6. The van der Waals surface area contributed by atoms with Gasteiger partial charge in [-0.05, 0) is 68.5 Å². The van der Waals surface area contributed by atoms with Gasteiger partial charge < -0.3 is 14.9 Å². The molecule has 0 saturated carbocycles. The van der Waals surface area contributed by atoms with Gasteiger partial charge >= 0.3 is 5.69 Å². The number of hydrogen-bond donors (Lipinski definition) is 2. The lowest BCUT2D eigenvalue weighted by Gasteiger charge is -2.34. The van der Waals surface area contributed by atoms with E-state index in [-0.39, 0.29) is 29.6 Å². The summed E-state index contributed by atoms with van der Waals surface area (Å²) in [5.74, 6) is 0.0392. The highest BCUT2D eigenvalue weighted by Gasteiger charge is 2.42. The summed E-state index contributed by atoms with van der Waals surface area (Å²) in [7, 11) is 0. The van der Waals surface area contributed by atoms with Crippen LogP contribution in [0.25, 0.3) is 11.0 Å². The highest BCUT2D eigenvalue weighted by molar-refractivity contribution is 6.06. The molecule has 2 N–H and O–H groups in total. The number of imide groups is 1. The van der Waals surface area contributed by atoms with E-state index in [2.05, 4.69) is 31.5 Å². The molecule has 1 unspecified atom stereocenters. The van der Waals surface area contributed by atoms with Gasteiger partial charge in [0, 0.05) is 56.6 Å². The Balaban J connectivity index is 0.756. The molecule has 3 atom stereocenters. The van der Waals surface area contributed by atoms with Crippen LogP contribution in [0.4, 0.5) is 5.82 Å². The molecule has 3 aliphatic rings. The van der Waals surface area contributed by atoms with E-state index in [1.54, 1.807) is 33.4 Å². The minimum Gasteiger partial charge on any atom is -0.507 e. The van der Waals surface area contributed by atoms with Gasteiger partial charge in [-0.1, -0.05) is 61.2 Å². The number of carbonyl (C=O) groups is 3. The smallest absolute Gasteiger partial charge is 0.329 e. The standard InChI is InChI=1S/C42H47N9O5/c52-37-17-9-6-14-33(37)38(53)21-23-47-27-32-24-31(47)28-50(32)39-18-11-13-29(43-39)25-48-26-30(45-46-48)12-5-3-1-2-4-10-22-49-34-15-7-8-16-35(34)51(42(49)56)36-19-20-40(54)44-41(36)55/h6-9,11,13-18,21,23,26,31-32,36,52H,1-5,10,12,19-20,22,24-25,27-28H2,(H,44,54,55)/b23-21+/t31-,32-,36?/m1/s1. The van der Waals surface area contributed by atoms with E-state index in [1.165, 1.54) is 6.07 Å². The second-order valence-corrected chi connectivity index (χ2v) is 15.1. The molecular weight excluding hydrogens is 711 g/mol. The van der Waals surface area contributed by atoms with Gasteiger partial charge in [-0.25, -0.2) is 14.5 Å². The molecule has 6 heterocycles. The van der Waals surface area contributed by atoms with Crippen molar-refractivity contribution in [2.45, 2.75) is 95.4 Å². The first-order chi connectivity index (χ1) is 27.3. The van der Waals surface area contributed by atoms with Gasteiger partial charge in [0.2, 0.25) is 11.8 Å². The Morgan fingerprint density at radius 3 is 2.45 bits per heavy atom. The fourth-order valence-corrected chi connectivity index (χ4v) is 8.47. The van der Waals surface area contributed by atoms with E-state index >= 15 is 0 Å². The number of phenols is 1. The number of nitrogens with zero attached hydrogens (tertiary/aromatic N) is 8. The van der Waals surface area contributed by atoms with Crippen LogP contribution in [0.15, 0.2) is 90.0 Å². The number of pyridine rings is 1. The van der Waals surface area contributed by atoms with Gasteiger partial charge in [0.15, 0.2) is 5.78 Å². The number of unbranched alkanes of at least 4 members (excludes halogenated alkanes) is 5. The molecule has 2 aromatic carbocycles. The maximum atomic E-state index is 13.5. The topological polar surface area (TPSA) is 160 Å². The third-order valence-corrected chi connectivity index (χ3v) is 11.3. The number of aryl methyl sites for hydroxylation is 2. The summed E-state index contributed by atoms with van der Waals surface area (Å²) in [6.07, 6.45) is 14.0. The molecule has 3 fully saturated rings. The Morgan fingerprint density at radius 1 is 0.857 bits per heavy atom. The van der Waals surface area contributed by atoms with Crippen molar-refractivity contribution >= 4 is 34.4 Å². The number of phenolic OH excluding ortho intramolecular Hbond substituents is 1. The van der Waals surface area contributed by atoms with Crippen molar-refractivity contribution in [3.63, 3.8) is 0 Å². The number of carbonyl (C=O) groups excluding carboxylic acids is 3. The molecule has 2 bridgehead atoms. The number of rotatable bonds is 16. The predicted octanol–water partition coefficient (Wildman–Crippen LogP) is 4.76. The molecule has 2 amide bonds. The van der Waals surface area contributed by atoms with Crippen molar-refractivity contribution < 1.29 is 19.5 Å². The zero-order valence-electron chi connectivity index (χ0n) is 31.4. The molecule has 3 saturated heterocycles. The number of para-hydroxylation sites is 3. The largest absolute Gasteiger partial charge is 0.507 e.